The fraction of sp³-hybridized carbons (Fsp3) is 0.576. The lowest BCUT2D eigenvalue weighted by Gasteiger charge is -2.40. The van der Waals surface area contributed by atoms with Crippen LogP contribution in [0.1, 0.15) is 30.4 Å². The predicted octanol–water partition coefficient (Wildman–Crippen LogP) is 1.12. The molecule has 4 aliphatic heterocycles. The van der Waals surface area contributed by atoms with E-state index in [1.165, 1.54) is 12.1 Å². The fourth-order valence-corrected chi connectivity index (χ4v) is 8.36. The highest BCUT2D eigenvalue weighted by molar-refractivity contribution is 7.80. The Labute approximate surface area is 284 Å². The number of carbonyl (C=O) groups is 2. The number of piperidine rings is 1. The number of thiol groups is 1. The van der Waals surface area contributed by atoms with E-state index in [1.54, 1.807) is 34.3 Å². The first kappa shape index (κ1) is 34.4. The van der Waals surface area contributed by atoms with Gasteiger partial charge in [-0.3, -0.25) is 14.6 Å². The third-order valence-corrected chi connectivity index (χ3v) is 11.5. The zero-order valence-corrected chi connectivity index (χ0v) is 28.5. The number of para-hydroxylation sites is 1. The lowest BCUT2D eigenvalue weighted by atomic mass is 10.0. The number of fused-ring (bicyclic) bond motifs is 1. The highest BCUT2D eigenvalue weighted by Gasteiger charge is 2.40. The lowest BCUT2D eigenvalue weighted by molar-refractivity contribution is -0.140. The van der Waals surface area contributed by atoms with Crippen molar-refractivity contribution in [3.63, 3.8) is 0 Å². The van der Waals surface area contributed by atoms with Gasteiger partial charge in [0.05, 0.1) is 13.2 Å². The highest BCUT2D eigenvalue weighted by atomic mass is 32.2. The lowest BCUT2D eigenvalue weighted by Crippen LogP contribution is -2.53. The number of phenolic OH excluding ortho intramolecular Hbond substituents is 2. The van der Waals surface area contributed by atoms with Gasteiger partial charge in [-0.2, -0.15) is 0 Å². The zero-order chi connectivity index (χ0) is 33.9. The average molecular weight is 687 g/mol. The quantitative estimate of drug-likeness (QED) is 0.181. The molecular formula is C33H48N7O7S+. The van der Waals surface area contributed by atoms with Crippen LogP contribution in [0.5, 0.6) is 11.5 Å². The van der Waals surface area contributed by atoms with Crippen molar-refractivity contribution in [1.82, 2.24) is 28.2 Å². The average Bonchev–Trinajstić information content (AvgIpc) is 3.74. The molecule has 2 aromatic carbocycles. The third kappa shape index (κ3) is 7.71. The van der Waals surface area contributed by atoms with Crippen LogP contribution in [0.4, 0.5) is 10.5 Å². The Morgan fingerprint density at radius 2 is 1.71 bits per heavy atom. The molecule has 6 rings (SSSR count). The summed E-state index contributed by atoms with van der Waals surface area (Å²) < 4.78 is 22.2. The van der Waals surface area contributed by atoms with Crippen molar-refractivity contribution in [2.24, 2.45) is 0 Å². The van der Waals surface area contributed by atoms with Crippen LogP contribution >= 0.6 is 0 Å². The second-order valence-electron chi connectivity index (χ2n) is 13.3. The second kappa shape index (κ2) is 15.0. The normalized spacial score (nSPS) is 24.2. The van der Waals surface area contributed by atoms with Crippen molar-refractivity contribution in [2.45, 2.75) is 56.6 Å². The number of carbonyl (C=O) groups excluding carboxylic acids is 2. The number of hydrogen-bond acceptors (Lipinski definition) is 10. The maximum Gasteiger partial charge on any atom is 0.410 e. The number of aliphatic hydroxyl groups excluding tert-OH is 1. The van der Waals surface area contributed by atoms with Crippen LogP contribution in [0.3, 0.4) is 0 Å². The van der Waals surface area contributed by atoms with E-state index in [9.17, 15) is 29.1 Å². The van der Waals surface area contributed by atoms with Crippen LogP contribution in [-0.2, 0) is 37.8 Å². The van der Waals surface area contributed by atoms with E-state index in [4.69, 9.17) is 4.74 Å². The molecule has 14 nitrogen and oxygen atoms in total. The van der Waals surface area contributed by atoms with E-state index in [0.717, 1.165) is 30.6 Å². The Hall–Kier alpha value is -3.47. The molecule has 4 N–H and O–H groups in total. The largest absolute Gasteiger partial charge is 0.504 e. The number of ether oxygens (including phenoxy) is 1. The summed E-state index contributed by atoms with van der Waals surface area (Å²) in [6.07, 6.45) is 0.463. The number of rotatable bonds is 8. The van der Waals surface area contributed by atoms with E-state index >= 15 is 0 Å². The highest BCUT2D eigenvalue weighted by Crippen LogP contribution is 2.29. The minimum absolute atomic E-state index is 0.0398. The summed E-state index contributed by atoms with van der Waals surface area (Å²) in [4.78, 5) is 35.1. The molecule has 262 valence electrons. The molecule has 4 aliphatic rings. The van der Waals surface area contributed by atoms with Crippen molar-refractivity contribution < 1.29 is 33.9 Å². The Morgan fingerprint density at radius 3 is 2.46 bits per heavy atom. The molecule has 0 aliphatic carbocycles. The summed E-state index contributed by atoms with van der Waals surface area (Å²) in [5.41, 5.74) is 2.64. The van der Waals surface area contributed by atoms with Gasteiger partial charge in [0, 0.05) is 77.6 Å². The first-order valence-electron chi connectivity index (χ1n) is 16.7. The molecule has 15 heteroatoms. The number of nitrogens with zero attached hydrogens (tertiary/aromatic N) is 6. The summed E-state index contributed by atoms with van der Waals surface area (Å²) in [6.45, 7) is 4.45. The maximum absolute atomic E-state index is 13.9. The van der Waals surface area contributed by atoms with Gasteiger partial charge in [0.15, 0.2) is 24.0 Å². The molecule has 0 aromatic heterocycles. The second-order valence-corrected chi connectivity index (χ2v) is 15.2. The smallest absolute Gasteiger partial charge is 0.410 e. The van der Waals surface area contributed by atoms with Gasteiger partial charge in [-0.05, 0) is 55.0 Å². The summed E-state index contributed by atoms with van der Waals surface area (Å²) in [5, 5.41) is 34.1. The molecule has 0 bridgehead atoms. The SMILES string of the molecule is CN(C)[SH+](=O)N1CCC(N2CCN(C(=O)C(Cc3ccc(O)c(O)c3)OC(=O)N3CCC(N4CCc5ccccc5NC4O)CC3)C2)C1. The van der Waals surface area contributed by atoms with E-state index in [1.807, 2.05) is 27.4 Å². The number of amides is 2. The predicted molar refractivity (Wildman–Crippen MR) is 181 cm³/mol. The number of likely N-dealkylation sites (tertiary alicyclic amines) is 1. The maximum atomic E-state index is 13.9. The standard InChI is InChI=1S/C33H47N7O7S/c1-35(2)48(46)39-15-12-26(21-39)37-17-18-38(22-37)31(43)30(20-23-7-8-28(41)29(42)19-23)47-33(45)36-13-10-25(11-14-36)40-16-9-24-5-3-4-6-27(24)34-32(40)44/h3-8,19,25-26,30,32,34,41-42,44H,9-18,20-22H2,1-2H3/p+1. The summed E-state index contributed by atoms with van der Waals surface area (Å²) in [7, 11) is 3.60. The molecule has 0 radical (unpaired) electrons. The van der Waals surface area contributed by atoms with E-state index in [-0.39, 0.29) is 35.9 Å². The molecule has 3 saturated heterocycles. The molecule has 2 amide bonds. The van der Waals surface area contributed by atoms with Crippen molar-refractivity contribution in [3.05, 3.63) is 53.6 Å². The van der Waals surface area contributed by atoms with Crippen LogP contribution < -0.4 is 5.32 Å². The molecule has 0 spiro atoms. The van der Waals surface area contributed by atoms with Gasteiger partial charge in [-0.1, -0.05) is 28.5 Å². The Balaban J connectivity index is 1.07. The molecule has 3 fully saturated rings. The molecule has 4 unspecified atom stereocenters. The van der Waals surface area contributed by atoms with E-state index < -0.39 is 29.7 Å². The van der Waals surface area contributed by atoms with Gasteiger partial charge in [0.25, 0.3) is 5.91 Å². The molecule has 48 heavy (non-hydrogen) atoms. The zero-order valence-electron chi connectivity index (χ0n) is 27.6. The number of phenols is 2. The monoisotopic (exact) mass is 686 g/mol. The number of anilines is 1. The van der Waals surface area contributed by atoms with Gasteiger partial charge < -0.3 is 35.2 Å². The molecule has 4 heterocycles. The summed E-state index contributed by atoms with van der Waals surface area (Å²) in [6, 6.07) is 12.5. The van der Waals surface area contributed by atoms with Crippen LogP contribution in [0, 0.1) is 0 Å². The van der Waals surface area contributed by atoms with Crippen LogP contribution in [-0.4, -0.2) is 147 Å². The molecular weight excluding hydrogens is 638 g/mol. The number of nitrogens with one attached hydrogen (secondary N) is 1. The number of aromatic hydroxyl groups is 2. The fourth-order valence-electron chi connectivity index (χ4n) is 7.24. The van der Waals surface area contributed by atoms with Gasteiger partial charge in [-0.15, -0.1) is 8.61 Å². The number of benzene rings is 2. The van der Waals surface area contributed by atoms with Crippen molar-refractivity contribution in [3.8, 4) is 11.5 Å². The topological polar surface area (TPSA) is 153 Å². The Kier molecular flexibility index (Phi) is 10.7. The van der Waals surface area contributed by atoms with Gasteiger partial charge in [0.1, 0.15) is 0 Å². The van der Waals surface area contributed by atoms with Crippen molar-refractivity contribution in [2.75, 3.05) is 71.9 Å². The summed E-state index contributed by atoms with van der Waals surface area (Å²) in [5.74, 6) is -0.901. The van der Waals surface area contributed by atoms with Crippen molar-refractivity contribution >= 4 is 28.9 Å². The van der Waals surface area contributed by atoms with E-state index in [0.29, 0.717) is 64.3 Å². The molecule has 0 saturated carbocycles. The van der Waals surface area contributed by atoms with Gasteiger partial charge in [0.2, 0.25) is 11.2 Å². The first-order valence-corrected chi connectivity index (χ1v) is 17.9. The van der Waals surface area contributed by atoms with Crippen molar-refractivity contribution in [1.29, 1.82) is 0 Å². The first-order chi connectivity index (χ1) is 23.1. The van der Waals surface area contributed by atoms with Gasteiger partial charge >= 0.3 is 6.09 Å². The Morgan fingerprint density at radius 1 is 0.958 bits per heavy atom. The minimum atomic E-state index is -1.59. The molecule has 2 aromatic rings. The van der Waals surface area contributed by atoms with Crippen LogP contribution in [0.2, 0.25) is 0 Å². The third-order valence-electron chi connectivity index (χ3n) is 9.99. The summed E-state index contributed by atoms with van der Waals surface area (Å²) >= 11 is -1.59. The van der Waals surface area contributed by atoms with Crippen LogP contribution in [0.15, 0.2) is 42.5 Å². The number of hydrogen-bond donors (Lipinski definition) is 4. The Bertz CT molecular complexity index is 1490. The number of aliphatic hydroxyl groups is 1. The molecule has 4 atom stereocenters. The van der Waals surface area contributed by atoms with E-state index in [2.05, 4.69) is 16.3 Å². The van der Waals surface area contributed by atoms with Gasteiger partial charge in [-0.25, -0.2) is 4.79 Å². The minimum Gasteiger partial charge on any atom is -0.504 e. The van der Waals surface area contributed by atoms with Crippen LogP contribution in [0.25, 0.3) is 0 Å².